The summed E-state index contributed by atoms with van der Waals surface area (Å²) in [7, 11) is 0. The second kappa shape index (κ2) is 5.42. The van der Waals surface area contributed by atoms with Crippen LogP contribution in [-0.2, 0) is 11.2 Å². The van der Waals surface area contributed by atoms with Gasteiger partial charge in [-0.25, -0.2) is 4.79 Å². The quantitative estimate of drug-likeness (QED) is 0.883. The Morgan fingerprint density at radius 2 is 2.22 bits per heavy atom. The summed E-state index contributed by atoms with van der Waals surface area (Å²) in [6, 6.07) is 5.06. The second-order valence-electron chi connectivity index (χ2n) is 3.53. The number of anilines is 1. The van der Waals surface area contributed by atoms with Crippen LogP contribution < -0.4 is 5.32 Å². The third-order valence-electron chi connectivity index (χ3n) is 2.24. The van der Waals surface area contributed by atoms with Crippen LogP contribution in [0.15, 0.2) is 36.0 Å². The Morgan fingerprint density at radius 1 is 1.39 bits per heavy atom. The Labute approximate surface area is 107 Å². The number of aromatic carboxylic acids is 1. The molecule has 2 rings (SSSR count). The van der Waals surface area contributed by atoms with Gasteiger partial charge in [0.05, 0.1) is 23.9 Å². The normalized spacial score (nSPS) is 10.0. The molecule has 0 saturated heterocycles. The van der Waals surface area contributed by atoms with Gasteiger partial charge in [0.25, 0.3) is 0 Å². The molecule has 2 heterocycles. The lowest BCUT2D eigenvalue weighted by atomic mass is 10.2. The number of carbonyl (C=O) groups excluding carboxylic acids is 1. The summed E-state index contributed by atoms with van der Waals surface area (Å²) >= 11 is 1.48. The number of nitrogens with zero attached hydrogens (tertiary/aromatic N) is 1. The lowest BCUT2D eigenvalue weighted by Crippen LogP contribution is -2.16. The summed E-state index contributed by atoms with van der Waals surface area (Å²) in [5.41, 5.74) is 0.246. The van der Waals surface area contributed by atoms with Gasteiger partial charge in [-0.1, -0.05) is 6.07 Å². The Bertz CT molecular complexity index is 566. The van der Waals surface area contributed by atoms with Crippen LogP contribution >= 0.6 is 11.3 Å². The lowest BCUT2D eigenvalue weighted by molar-refractivity contribution is -0.115. The molecule has 1 amide bonds. The second-order valence-corrected chi connectivity index (χ2v) is 4.56. The van der Waals surface area contributed by atoms with Crippen molar-refractivity contribution < 1.29 is 14.7 Å². The molecule has 5 nitrogen and oxygen atoms in total. The molecule has 0 saturated carbocycles. The van der Waals surface area contributed by atoms with Gasteiger partial charge in [0.2, 0.25) is 5.91 Å². The Balaban J connectivity index is 2.09. The van der Waals surface area contributed by atoms with E-state index < -0.39 is 5.97 Å². The summed E-state index contributed by atoms with van der Waals surface area (Å²) in [6.07, 6.45) is 2.93. The first-order valence-electron chi connectivity index (χ1n) is 5.16. The molecule has 2 aromatic rings. The number of carboxylic acids is 1. The average Bonchev–Trinajstić information content (AvgIpc) is 2.82. The van der Waals surface area contributed by atoms with Crippen LogP contribution in [0, 0.1) is 0 Å². The Hall–Kier alpha value is -2.21. The first-order chi connectivity index (χ1) is 8.66. The third-order valence-corrected chi connectivity index (χ3v) is 3.12. The highest BCUT2D eigenvalue weighted by molar-refractivity contribution is 7.10. The van der Waals surface area contributed by atoms with Crippen molar-refractivity contribution in [3.8, 4) is 0 Å². The van der Waals surface area contributed by atoms with Crippen LogP contribution in [0.1, 0.15) is 15.2 Å². The van der Waals surface area contributed by atoms with Crippen molar-refractivity contribution in [2.45, 2.75) is 6.42 Å². The van der Waals surface area contributed by atoms with Gasteiger partial charge in [-0.2, -0.15) is 0 Å². The number of hydrogen-bond acceptors (Lipinski definition) is 4. The molecule has 6 heteroatoms. The predicted octanol–water partition coefficient (Wildman–Crippen LogP) is 2.02. The van der Waals surface area contributed by atoms with Crippen molar-refractivity contribution in [3.63, 3.8) is 0 Å². The molecule has 0 aliphatic rings. The van der Waals surface area contributed by atoms with E-state index in [4.69, 9.17) is 5.11 Å². The van der Waals surface area contributed by atoms with Gasteiger partial charge >= 0.3 is 5.97 Å². The molecule has 92 valence electrons. The van der Waals surface area contributed by atoms with Crippen molar-refractivity contribution in [1.29, 1.82) is 0 Å². The first kappa shape index (κ1) is 12.3. The van der Waals surface area contributed by atoms with E-state index in [1.165, 1.54) is 29.8 Å². The smallest absolute Gasteiger partial charge is 0.337 e. The van der Waals surface area contributed by atoms with Gasteiger partial charge in [-0.15, -0.1) is 11.3 Å². The fourth-order valence-electron chi connectivity index (χ4n) is 1.45. The van der Waals surface area contributed by atoms with Gasteiger partial charge < -0.3 is 10.4 Å². The summed E-state index contributed by atoms with van der Waals surface area (Å²) in [5.74, 6) is -1.35. The minimum absolute atomic E-state index is 0.0320. The summed E-state index contributed by atoms with van der Waals surface area (Å²) in [6.45, 7) is 0. The Morgan fingerprint density at radius 3 is 2.89 bits per heavy atom. The fraction of sp³-hybridized carbons (Fsp3) is 0.0833. The van der Waals surface area contributed by atoms with Gasteiger partial charge in [-0.3, -0.25) is 9.78 Å². The van der Waals surface area contributed by atoms with E-state index in [0.717, 1.165) is 4.88 Å². The van der Waals surface area contributed by atoms with Crippen LogP contribution in [0.2, 0.25) is 0 Å². The molecular formula is C12H10N2O3S. The number of aromatic nitrogens is 1. The van der Waals surface area contributed by atoms with Crippen LogP contribution in [0.4, 0.5) is 5.69 Å². The number of rotatable bonds is 4. The largest absolute Gasteiger partial charge is 0.478 e. The van der Waals surface area contributed by atoms with Crippen LogP contribution in [0.25, 0.3) is 0 Å². The SMILES string of the molecule is O=C(Cc1cccs1)Nc1cnccc1C(=O)O. The highest BCUT2D eigenvalue weighted by atomic mass is 32.1. The predicted molar refractivity (Wildman–Crippen MR) is 67.8 cm³/mol. The van der Waals surface area contributed by atoms with Crippen LogP contribution in [0.3, 0.4) is 0 Å². The molecule has 0 spiro atoms. The van der Waals surface area contributed by atoms with E-state index in [-0.39, 0.29) is 23.6 Å². The number of pyridine rings is 1. The highest BCUT2D eigenvalue weighted by Crippen LogP contribution is 2.15. The molecule has 0 bridgehead atoms. The van der Waals surface area contributed by atoms with Gasteiger partial charge in [0.1, 0.15) is 0 Å². The van der Waals surface area contributed by atoms with Crippen molar-refractivity contribution in [2.24, 2.45) is 0 Å². The third kappa shape index (κ3) is 2.92. The van der Waals surface area contributed by atoms with Crippen molar-refractivity contribution in [2.75, 3.05) is 5.32 Å². The van der Waals surface area contributed by atoms with Gasteiger partial charge in [0, 0.05) is 11.1 Å². The minimum atomic E-state index is -1.09. The summed E-state index contributed by atoms with van der Waals surface area (Å²) < 4.78 is 0. The highest BCUT2D eigenvalue weighted by Gasteiger charge is 2.12. The van der Waals surface area contributed by atoms with E-state index >= 15 is 0 Å². The molecule has 2 aromatic heterocycles. The maximum atomic E-state index is 11.7. The minimum Gasteiger partial charge on any atom is -0.478 e. The zero-order valence-corrected chi connectivity index (χ0v) is 10.1. The molecule has 0 atom stereocenters. The number of hydrogen-bond donors (Lipinski definition) is 2. The monoisotopic (exact) mass is 262 g/mol. The van der Waals surface area contributed by atoms with Crippen molar-refractivity contribution >= 4 is 28.9 Å². The van der Waals surface area contributed by atoms with E-state index in [0.29, 0.717) is 0 Å². The topological polar surface area (TPSA) is 79.3 Å². The molecule has 0 unspecified atom stereocenters. The zero-order chi connectivity index (χ0) is 13.0. The van der Waals surface area contributed by atoms with Crippen LogP contribution in [-0.4, -0.2) is 22.0 Å². The zero-order valence-electron chi connectivity index (χ0n) is 9.29. The Kier molecular flexibility index (Phi) is 3.69. The number of amides is 1. The molecule has 18 heavy (non-hydrogen) atoms. The van der Waals surface area contributed by atoms with Crippen molar-refractivity contribution in [1.82, 2.24) is 4.98 Å². The van der Waals surface area contributed by atoms with E-state index in [1.54, 1.807) is 0 Å². The number of thiophene rings is 1. The maximum absolute atomic E-state index is 11.7. The molecular weight excluding hydrogens is 252 g/mol. The fourth-order valence-corrected chi connectivity index (χ4v) is 2.15. The number of carboxylic acid groups (broad SMARTS) is 1. The number of nitrogens with one attached hydrogen (secondary N) is 1. The first-order valence-corrected chi connectivity index (χ1v) is 6.04. The van der Waals surface area contributed by atoms with Crippen LogP contribution in [0.5, 0.6) is 0 Å². The van der Waals surface area contributed by atoms with E-state index in [9.17, 15) is 9.59 Å². The number of carbonyl (C=O) groups is 2. The molecule has 0 aliphatic heterocycles. The molecule has 0 radical (unpaired) electrons. The average molecular weight is 262 g/mol. The lowest BCUT2D eigenvalue weighted by Gasteiger charge is -2.06. The molecule has 0 fully saturated rings. The molecule has 0 aromatic carbocycles. The molecule has 2 N–H and O–H groups in total. The van der Waals surface area contributed by atoms with Gasteiger partial charge in [-0.05, 0) is 17.5 Å². The maximum Gasteiger partial charge on any atom is 0.337 e. The van der Waals surface area contributed by atoms with E-state index in [1.807, 2.05) is 17.5 Å². The van der Waals surface area contributed by atoms with Gasteiger partial charge in [0.15, 0.2) is 0 Å². The standard InChI is InChI=1S/C12H10N2O3S/c15-11(6-8-2-1-5-18-8)14-10-7-13-4-3-9(10)12(16)17/h1-5,7H,6H2,(H,14,15)(H,16,17). The molecule has 0 aliphatic carbocycles. The summed E-state index contributed by atoms with van der Waals surface area (Å²) in [5, 5.41) is 13.4. The summed E-state index contributed by atoms with van der Waals surface area (Å²) in [4.78, 5) is 27.4. The van der Waals surface area contributed by atoms with E-state index in [2.05, 4.69) is 10.3 Å². The van der Waals surface area contributed by atoms with Crippen molar-refractivity contribution in [3.05, 3.63) is 46.4 Å².